The maximum absolute atomic E-state index is 11.6. The van der Waals surface area contributed by atoms with E-state index in [-0.39, 0.29) is 5.41 Å². The molecule has 0 aromatic carbocycles. The lowest BCUT2D eigenvalue weighted by atomic mass is 9.70. The summed E-state index contributed by atoms with van der Waals surface area (Å²) in [6, 6.07) is 0. The molecule has 2 rings (SSSR count). The van der Waals surface area contributed by atoms with Crippen LogP contribution in [0.25, 0.3) is 0 Å². The van der Waals surface area contributed by atoms with Gasteiger partial charge in [-0.3, -0.25) is 0 Å². The van der Waals surface area contributed by atoms with E-state index in [0.29, 0.717) is 0 Å². The molecule has 2 saturated carbocycles. The van der Waals surface area contributed by atoms with E-state index in [1.54, 1.807) is 0 Å². The molecule has 0 aromatic rings. The Kier molecular flexibility index (Phi) is 4.83. The maximum Gasteiger partial charge on any atom is 0.127 e. The zero-order valence-corrected chi connectivity index (χ0v) is 12.2. The number of carbonyl (C=O) groups excluding carboxylic acids is 1. The Labute approximate surface area is 112 Å². The standard InChI is InChI=1S/C16H29NO/c1-3-9-17(11-15-6-7-15)12-16(13-18)8-4-5-14(2)10-16/h13-15H,3-12H2,1-2H3. The summed E-state index contributed by atoms with van der Waals surface area (Å²) in [5.41, 5.74) is -0.0261. The van der Waals surface area contributed by atoms with Gasteiger partial charge in [-0.25, -0.2) is 0 Å². The van der Waals surface area contributed by atoms with Gasteiger partial charge in [-0.2, -0.15) is 0 Å². The molecule has 104 valence electrons. The highest BCUT2D eigenvalue weighted by atomic mass is 16.1. The highest BCUT2D eigenvalue weighted by Crippen LogP contribution is 2.39. The molecule has 2 heteroatoms. The lowest BCUT2D eigenvalue weighted by Gasteiger charge is -2.39. The molecule has 2 nitrogen and oxygen atoms in total. The van der Waals surface area contributed by atoms with Crippen molar-refractivity contribution in [3.63, 3.8) is 0 Å². The van der Waals surface area contributed by atoms with Gasteiger partial charge >= 0.3 is 0 Å². The van der Waals surface area contributed by atoms with Gasteiger partial charge in [0.2, 0.25) is 0 Å². The molecular formula is C16H29NO. The summed E-state index contributed by atoms with van der Waals surface area (Å²) in [6.45, 7) is 7.98. The van der Waals surface area contributed by atoms with Crippen LogP contribution in [0.15, 0.2) is 0 Å². The van der Waals surface area contributed by atoms with Gasteiger partial charge in [-0.15, -0.1) is 0 Å². The first-order chi connectivity index (χ1) is 8.67. The van der Waals surface area contributed by atoms with Crippen LogP contribution in [0.5, 0.6) is 0 Å². The van der Waals surface area contributed by atoms with Gasteiger partial charge in [0.05, 0.1) is 0 Å². The van der Waals surface area contributed by atoms with Gasteiger partial charge in [0.25, 0.3) is 0 Å². The first kappa shape index (κ1) is 14.0. The van der Waals surface area contributed by atoms with Crippen LogP contribution in [0, 0.1) is 17.3 Å². The molecule has 18 heavy (non-hydrogen) atoms. The van der Waals surface area contributed by atoms with E-state index < -0.39 is 0 Å². The molecule has 2 aliphatic carbocycles. The Balaban J connectivity index is 1.94. The van der Waals surface area contributed by atoms with E-state index >= 15 is 0 Å². The number of rotatable bonds is 7. The molecule has 2 unspecified atom stereocenters. The van der Waals surface area contributed by atoms with Crippen molar-refractivity contribution in [3.05, 3.63) is 0 Å². The largest absolute Gasteiger partial charge is 0.303 e. The van der Waals surface area contributed by atoms with Gasteiger partial charge in [-0.1, -0.05) is 26.7 Å². The van der Waals surface area contributed by atoms with Crippen molar-refractivity contribution in [2.45, 2.75) is 58.8 Å². The minimum absolute atomic E-state index is 0.0261. The third-order valence-corrected chi connectivity index (χ3v) is 4.67. The normalized spacial score (nSPS) is 32.7. The minimum atomic E-state index is -0.0261. The predicted molar refractivity (Wildman–Crippen MR) is 75.6 cm³/mol. The van der Waals surface area contributed by atoms with Crippen LogP contribution in [0.4, 0.5) is 0 Å². The Morgan fingerprint density at radius 2 is 2.11 bits per heavy atom. The molecule has 0 spiro atoms. The Bertz CT molecular complexity index is 274. The second kappa shape index (κ2) is 6.18. The van der Waals surface area contributed by atoms with Crippen LogP contribution in [-0.2, 0) is 4.79 Å². The molecule has 2 atom stereocenters. The summed E-state index contributed by atoms with van der Waals surface area (Å²) in [5.74, 6) is 1.66. The smallest absolute Gasteiger partial charge is 0.127 e. The third kappa shape index (κ3) is 3.81. The highest BCUT2D eigenvalue weighted by molar-refractivity contribution is 5.60. The van der Waals surface area contributed by atoms with Gasteiger partial charge in [-0.05, 0) is 50.5 Å². The van der Waals surface area contributed by atoms with Crippen molar-refractivity contribution >= 4 is 6.29 Å². The van der Waals surface area contributed by atoms with Gasteiger partial charge in [0, 0.05) is 18.5 Å². The molecule has 0 aliphatic heterocycles. The van der Waals surface area contributed by atoms with Crippen LogP contribution in [-0.4, -0.2) is 30.8 Å². The molecular weight excluding hydrogens is 222 g/mol. The number of nitrogens with zero attached hydrogens (tertiary/aromatic N) is 1. The molecule has 0 heterocycles. The van der Waals surface area contributed by atoms with E-state index in [2.05, 4.69) is 18.7 Å². The van der Waals surface area contributed by atoms with Crippen LogP contribution in [0.2, 0.25) is 0 Å². The first-order valence-corrected chi connectivity index (χ1v) is 7.86. The van der Waals surface area contributed by atoms with Crippen LogP contribution in [0.1, 0.15) is 58.8 Å². The molecule has 0 aromatic heterocycles. The molecule has 0 bridgehead atoms. The summed E-state index contributed by atoms with van der Waals surface area (Å²) in [6.07, 6.45) is 10.1. The van der Waals surface area contributed by atoms with Crippen LogP contribution in [0.3, 0.4) is 0 Å². The zero-order valence-electron chi connectivity index (χ0n) is 12.2. The summed E-state index contributed by atoms with van der Waals surface area (Å²) >= 11 is 0. The molecule has 0 saturated heterocycles. The fourth-order valence-electron chi connectivity index (χ4n) is 3.65. The quantitative estimate of drug-likeness (QED) is 0.645. The van der Waals surface area contributed by atoms with E-state index in [4.69, 9.17) is 0 Å². The summed E-state index contributed by atoms with van der Waals surface area (Å²) in [4.78, 5) is 14.2. The summed E-state index contributed by atoms with van der Waals surface area (Å²) < 4.78 is 0. The van der Waals surface area contributed by atoms with Crippen molar-refractivity contribution in [2.75, 3.05) is 19.6 Å². The Morgan fingerprint density at radius 1 is 1.33 bits per heavy atom. The van der Waals surface area contributed by atoms with Gasteiger partial charge in [0.15, 0.2) is 0 Å². The molecule has 0 amide bonds. The SMILES string of the molecule is CCCN(CC1CC1)CC1(C=O)CCCC(C)C1. The lowest BCUT2D eigenvalue weighted by Crippen LogP contribution is -2.43. The fraction of sp³-hybridized carbons (Fsp3) is 0.938. The molecule has 2 aliphatic rings. The van der Waals surface area contributed by atoms with Crippen molar-refractivity contribution in [1.29, 1.82) is 0 Å². The molecule has 2 fully saturated rings. The number of hydrogen-bond donors (Lipinski definition) is 0. The Morgan fingerprint density at radius 3 is 2.67 bits per heavy atom. The van der Waals surface area contributed by atoms with Gasteiger partial charge < -0.3 is 9.69 Å². The van der Waals surface area contributed by atoms with Crippen molar-refractivity contribution < 1.29 is 4.79 Å². The number of carbonyl (C=O) groups is 1. The zero-order chi connectivity index (χ0) is 13.0. The van der Waals surface area contributed by atoms with E-state index in [0.717, 1.165) is 31.2 Å². The van der Waals surface area contributed by atoms with Gasteiger partial charge in [0.1, 0.15) is 6.29 Å². The summed E-state index contributed by atoms with van der Waals surface area (Å²) in [5, 5.41) is 0. The average Bonchev–Trinajstić information content (AvgIpc) is 3.13. The second-order valence-corrected chi connectivity index (χ2v) is 6.86. The highest BCUT2D eigenvalue weighted by Gasteiger charge is 2.37. The second-order valence-electron chi connectivity index (χ2n) is 6.86. The Hall–Kier alpha value is -0.370. The third-order valence-electron chi connectivity index (χ3n) is 4.67. The van der Waals surface area contributed by atoms with E-state index in [9.17, 15) is 4.79 Å². The minimum Gasteiger partial charge on any atom is -0.303 e. The topological polar surface area (TPSA) is 20.3 Å². The van der Waals surface area contributed by atoms with E-state index in [1.165, 1.54) is 51.5 Å². The molecule has 0 N–H and O–H groups in total. The van der Waals surface area contributed by atoms with Crippen molar-refractivity contribution in [2.24, 2.45) is 17.3 Å². The lowest BCUT2D eigenvalue weighted by molar-refractivity contribution is -0.120. The number of aldehydes is 1. The van der Waals surface area contributed by atoms with Crippen LogP contribution >= 0.6 is 0 Å². The van der Waals surface area contributed by atoms with Crippen LogP contribution < -0.4 is 0 Å². The fourth-order valence-corrected chi connectivity index (χ4v) is 3.65. The predicted octanol–water partition coefficient (Wildman–Crippen LogP) is 3.50. The monoisotopic (exact) mass is 251 g/mol. The maximum atomic E-state index is 11.6. The molecule has 0 radical (unpaired) electrons. The van der Waals surface area contributed by atoms with Crippen molar-refractivity contribution in [3.8, 4) is 0 Å². The van der Waals surface area contributed by atoms with E-state index in [1.807, 2.05) is 0 Å². The summed E-state index contributed by atoms with van der Waals surface area (Å²) in [7, 11) is 0. The van der Waals surface area contributed by atoms with Crippen molar-refractivity contribution in [1.82, 2.24) is 4.90 Å². The number of hydrogen-bond acceptors (Lipinski definition) is 2. The first-order valence-electron chi connectivity index (χ1n) is 7.86. The average molecular weight is 251 g/mol.